The van der Waals surface area contributed by atoms with E-state index in [-0.39, 0.29) is 12.1 Å². The van der Waals surface area contributed by atoms with Gasteiger partial charge in [-0.25, -0.2) is 4.79 Å². The molecule has 0 radical (unpaired) electrons. The van der Waals surface area contributed by atoms with Gasteiger partial charge in [-0.3, -0.25) is 4.68 Å². The van der Waals surface area contributed by atoms with Crippen LogP contribution in [0.15, 0.2) is 48.8 Å². The van der Waals surface area contributed by atoms with Gasteiger partial charge in [0.15, 0.2) is 0 Å². The van der Waals surface area contributed by atoms with Crippen LogP contribution in [0.4, 0.5) is 10.5 Å². The molecule has 2 heterocycles. The fourth-order valence-corrected chi connectivity index (χ4v) is 3.22. The number of aromatic nitrogens is 2. The van der Waals surface area contributed by atoms with Gasteiger partial charge in [-0.1, -0.05) is 25.1 Å². The summed E-state index contributed by atoms with van der Waals surface area (Å²) >= 11 is 0. The minimum absolute atomic E-state index is 0.0644. The molecular formula is C19H27N5O. The maximum atomic E-state index is 12.1. The molecular weight excluding hydrogens is 314 g/mol. The van der Waals surface area contributed by atoms with Crippen LogP contribution in [-0.2, 0) is 6.54 Å². The van der Waals surface area contributed by atoms with Crippen molar-refractivity contribution in [3.05, 3.63) is 48.8 Å². The number of hydrogen-bond acceptors (Lipinski definition) is 3. The van der Waals surface area contributed by atoms with Crippen molar-refractivity contribution < 1.29 is 4.79 Å². The van der Waals surface area contributed by atoms with Gasteiger partial charge in [-0.2, -0.15) is 5.10 Å². The summed E-state index contributed by atoms with van der Waals surface area (Å²) in [6.45, 7) is 5.52. The predicted octanol–water partition coefficient (Wildman–Crippen LogP) is 2.49. The second-order valence-electron chi connectivity index (χ2n) is 6.78. The number of nitrogens with one attached hydrogen (secondary N) is 2. The minimum Gasteiger partial charge on any atom is -0.371 e. The van der Waals surface area contributed by atoms with Crippen molar-refractivity contribution in [1.29, 1.82) is 0 Å². The van der Waals surface area contributed by atoms with Crippen LogP contribution in [0.25, 0.3) is 0 Å². The van der Waals surface area contributed by atoms with Crippen molar-refractivity contribution in [3.63, 3.8) is 0 Å². The summed E-state index contributed by atoms with van der Waals surface area (Å²) in [5.41, 5.74) is 1.26. The smallest absolute Gasteiger partial charge is 0.315 e. The van der Waals surface area contributed by atoms with Crippen LogP contribution in [0.3, 0.4) is 0 Å². The molecule has 3 rings (SSSR count). The summed E-state index contributed by atoms with van der Waals surface area (Å²) in [6, 6.07) is 12.6. The SMILES string of the molecule is CC(CNC(=O)NC1CCN(c2ccccc2)CC1)Cn1cccn1. The highest BCUT2D eigenvalue weighted by atomic mass is 16.2. The number of rotatable bonds is 6. The fraction of sp³-hybridized carbons (Fsp3) is 0.474. The molecule has 2 aromatic rings. The molecule has 6 nitrogen and oxygen atoms in total. The summed E-state index contributed by atoms with van der Waals surface area (Å²) in [5.74, 6) is 0.338. The minimum atomic E-state index is -0.0644. The Balaban J connectivity index is 1.35. The first-order chi connectivity index (χ1) is 12.2. The van der Waals surface area contributed by atoms with Crippen molar-refractivity contribution in [2.24, 2.45) is 5.92 Å². The van der Waals surface area contributed by atoms with Crippen LogP contribution in [0.1, 0.15) is 19.8 Å². The van der Waals surface area contributed by atoms with Crippen molar-refractivity contribution in [2.45, 2.75) is 32.4 Å². The summed E-state index contributed by atoms with van der Waals surface area (Å²) in [4.78, 5) is 14.5. The molecule has 0 spiro atoms. The Morgan fingerprint density at radius 3 is 2.68 bits per heavy atom. The van der Waals surface area contributed by atoms with Gasteiger partial charge in [0.25, 0.3) is 0 Å². The monoisotopic (exact) mass is 341 g/mol. The molecule has 0 saturated carbocycles. The number of anilines is 1. The zero-order valence-corrected chi connectivity index (χ0v) is 14.8. The molecule has 1 fully saturated rings. The first-order valence-electron chi connectivity index (χ1n) is 9.02. The van der Waals surface area contributed by atoms with Crippen molar-refractivity contribution in [2.75, 3.05) is 24.5 Å². The van der Waals surface area contributed by atoms with Gasteiger partial charge < -0.3 is 15.5 Å². The molecule has 1 aliphatic rings. The number of hydrogen-bond donors (Lipinski definition) is 2. The van der Waals surface area contributed by atoms with Gasteiger partial charge in [0, 0.05) is 50.3 Å². The standard InChI is InChI=1S/C19H27N5O/c1-16(15-24-11-5-10-21-24)14-20-19(25)22-17-8-12-23(13-9-17)18-6-3-2-4-7-18/h2-7,10-11,16-17H,8-9,12-15H2,1H3,(H2,20,22,25). The molecule has 1 atom stereocenters. The van der Waals surface area contributed by atoms with Gasteiger partial charge in [0.1, 0.15) is 0 Å². The highest BCUT2D eigenvalue weighted by molar-refractivity contribution is 5.74. The Bertz CT molecular complexity index is 635. The third-order valence-corrected chi connectivity index (χ3v) is 4.62. The highest BCUT2D eigenvalue weighted by Crippen LogP contribution is 2.19. The number of carbonyl (C=O) groups excluding carboxylic acids is 1. The second-order valence-corrected chi connectivity index (χ2v) is 6.78. The molecule has 2 amide bonds. The van der Waals surface area contributed by atoms with E-state index in [9.17, 15) is 4.79 Å². The van der Waals surface area contributed by atoms with E-state index < -0.39 is 0 Å². The second kappa shape index (κ2) is 8.55. The zero-order chi connectivity index (χ0) is 17.5. The lowest BCUT2D eigenvalue weighted by Gasteiger charge is -2.34. The van der Waals surface area contributed by atoms with E-state index in [1.807, 2.05) is 23.0 Å². The van der Waals surface area contributed by atoms with Crippen LogP contribution < -0.4 is 15.5 Å². The number of benzene rings is 1. The van der Waals surface area contributed by atoms with Gasteiger partial charge in [-0.05, 0) is 37.0 Å². The normalized spacial score (nSPS) is 16.4. The molecule has 1 aliphatic heterocycles. The molecule has 134 valence electrons. The number of carbonyl (C=O) groups is 1. The maximum absolute atomic E-state index is 12.1. The lowest BCUT2D eigenvalue weighted by molar-refractivity contribution is 0.232. The lowest BCUT2D eigenvalue weighted by Crippen LogP contribution is -2.48. The number of para-hydroxylation sites is 1. The number of urea groups is 1. The summed E-state index contributed by atoms with van der Waals surface area (Å²) < 4.78 is 1.89. The Kier molecular flexibility index (Phi) is 5.93. The third-order valence-electron chi connectivity index (χ3n) is 4.62. The van der Waals surface area contributed by atoms with Crippen molar-refractivity contribution >= 4 is 11.7 Å². The molecule has 1 saturated heterocycles. The van der Waals surface area contributed by atoms with E-state index in [4.69, 9.17) is 0 Å². The fourth-order valence-electron chi connectivity index (χ4n) is 3.22. The maximum Gasteiger partial charge on any atom is 0.315 e. The van der Waals surface area contributed by atoms with Crippen LogP contribution in [0.5, 0.6) is 0 Å². The van der Waals surface area contributed by atoms with E-state index in [1.165, 1.54) is 5.69 Å². The highest BCUT2D eigenvalue weighted by Gasteiger charge is 2.20. The summed E-state index contributed by atoms with van der Waals surface area (Å²) in [6.07, 6.45) is 5.67. The molecule has 1 aromatic heterocycles. The molecule has 1 unspecified atom stereocenters. The first-order valence-corrected chi connectivity index (χ1v) is 9.02. The van der Waals surface area contributed by atoms with Gasteiger partial charge in [0.2, 0.25) is 0 Å². The van der Waals surface area contributed by atoms with E-state index in [2.05, 4.69) is 51.8 Å². The predicted molar refractivity (Wildman–Crippen MR) is 99.6 cm³/mol. The topological polar surface area (TPSA) is 62.2 Å². The third kappa shape index (κ3) is 5.24. The summed E-state index contributed by atoms with van der Waals surface area (Å²) in [5, 5.41) is 10.3. The van der Waals surface area contributed by atoms with Gasteiger partial charge in [0.05, 0.1) is 0 Å². The average Bonchev–Trinajstić information content (AvgIpc) is 3.14. The Labute approximate surface area is 149 Å². The molecule has 1 aromatic carbocycles. The van der Waals surface area contributed by atoms with Crippen LogP contribution in [-0.4, -0.2) is 41.5 Å². The largest absolute Gasteiger partial charge is 0.371 e. The van der Waals surface area contributed by atoms with Crippen LogP contribution >= 0.6 is 0 Å². The number of amides is 2. The quantitative estimate of drug-likeness (QED) is 0.848. The first kappa shape index (κ1) is 17.3. The summed E-state index contributed by atoms with van der Waals surface area (Å²) in [7, 11) is 0. The molecule has 6 heteroatoms. The molecule has 2 N–H and O–H groups in total. The Morgan fingerprint density at radius 2 is 2.00 bits per heavy atom. The van der Waals surface area contributed by atoms with Crippen LogP contribution in [0, 0.1) is 5.92 Å². The van der Waals surface area contributed by atoms with E-state index in [0.29, 0.717) is 12.5 Å². The van der Waals surface area contributed by atoms with Gasteiger partial charge >= 0.3 is 6.03 Å². The average molecular weight is 341 g/mol. The van der Waals surface area contributed by atoms with E-state index in [0.717, 1.165) is 32.5 Å². The molecule has 25 heavy (non-hydrogen) atoms. The van der Waals surface area contributed by atoms with Crippen molar-refractivity contribution in [3.8, 4) is 0 Å². The Hall–Kier alpha value is -2.50. The van der Waals surface area contributed by atoms with Crippen LogP contribution in [0.2, 0.25) is 0 Å². The van der Waals surface area contributed by atoms with E-state index in [1.54, 1.807) is 6.20 Å². The molecule has 0 bridgehead atoms. The van der Waals surface area contributed by atoms with Crippen molar-refractivity contribution in [1.82, 2.24) is 20.4 Å². The van der Waals surface area contributed by atoms with E-state index >= 15 is 0 Å². The van der Waals surface area contributed by atoms with Gasteiger partial charge in [-0.15, -0.1) is 0 Å². The molecule has 0 aliphatic carbocycles. The lowest BCUT2D eigenvalue weighted by atomic mass is 10.0. The zero-order valence-electron chi connectivity index (χ0n) is 14.8. The number of nitrogens with zero attached hydrogens (tertiary/aromatic N) is 3. The Morgan fingerprint density at radius 1 is 1.24 bits per heavy atom. The number of piperidine rings is 1.